The third kappa shape index (κ3) is 8.24. The monoisotopic (exact) mass is 1020 g/mol. The molecule has 12 aromatic carbocycles. The SMILES string of the molecule is c1ccc(-c2ccc(-c3nc(-c4cc(-c5ccccc5)cc(-c5ccccc5)c4)nc(-c4cc(-c5ccccc5)c(-n5c6ccccc6c6cc7c8ccccc8n(-c8ccccc8)c7cc65)c(-c5ccccc5)c4)n3)cc2)cc1. The van der Waals surface area contributed by atoms with E-state index in [0.717, 1.165) is 100 Å². The Balaban J connectivity index is 1.02. The summed E-state index contributed by atoms with van der Waals surface area (Å²) in [6.07, 6.45) is 0. The summed E-state index contributed by atoms with van der Waals surface area (Å²) in [7, 11) is 0. The van der Waals surface area contributed by atoms with Gasteiger partial charge in [0.15, 0.2) is 17.5 Å². The van der Waals surface area contributed by atoms with Gasteiger partial charge in [0.25, 0.3) is 0 Å². The lowest BCUT2D eigenvalue weighted by Gasteiger charge is -2.21. The molecule has 0 atom stereocenters. The van der Waals surface area contributed by atoms with Crippen molar-refractivity contribution in [2.24, 2.45) is 0 Å². The van der Waals surface area contributed by atoms with E-state index in [4.69, 9.17) is 15.0 Å². The molecule has 0 aliphatic carbocycles. The van der Waals surface area contributed by atoms with Gasteiger partial charge in [0.1, 0.15) is 0 Å². The highest BCUT2D eigenvalue weighted by Crippen LogP contribution is 2.46. The van der Waals surface area contributed by atoms with Gasteiger partial charge >= 0.3 is 0 Å². The predicted octanol–water partition coefficient (Wildman–Crippen LogP) is 19.4. The molecular weight excluding hydrogens is 971 g/mol. The van der Waals surface area contributed by atoms with Gasteiger partial charge in [-0.25, -0.2) is 15.0 Å². The van der Waals surface area contributed by atoms with E-state index in [9.17, 15) is 0 Å². The van der Waals surface area contributed by atoms with Gasteiger partial charge in [0.05, 0.1) is 27.8 Å². The van der Waals surface area contributed by atoms with Gasteiger partial charge in [-0.2, -0.15) is 0 Å². The molecule has 0 saturated carbocycles. The van der Waals surface area contributed by atoms with Crippen molar-refractivity contribution < 1.29 is 0 Å². The summed E-state index contributed by atoms with van der Waals surface area (Å²) in [6, 6.07) is 106. The van der Waals surface area contributed by atoms with Gasteiger partial charge in [0.2, 0.25) is 0 Å². The lowest BCUT2D eigenvalue weighted by molar-refractivity contribution is 1.07. The minimum atomic E-state index is 0.570. The average molecular weight is 1020 g/mol. The highest BCUT2D eigenvalue weighted by atomic mass is 15.0. The lowest BCUT2D eigenvalue weighted by Crippen LogP contribution is -2.04. The van der Waals surface area contributed by atoms with Crippen molar-refractivity contribution in [3.8, 4) is 101 Å². The molecule has 0 fully saturated rings. The number of hydrogen-bond acceptors (Lipinski definition) is 3. The van der Waals surface area contributed by atoms with Crippen molar-refractivity contribution in [2.75, 3.05) is 0 Å². The minimum absolute atomic E-state index is 0.570. The average Bonchev–Trinajstić information content (AvgIpc) is 4.27. The van der Waals surface area contributed by atoms with Gasteiger partial charge in [-0.05, 0) is 111 Å². The smallest absolute Gasteiger partial charge is 0.164 e. The van der Waals surface area contributed by atoms with E-state index in [1.54, 1.807) is 0 Å². The molecule has 0 radical (unpaired) electrons. The number of hydrogen-bond donors (Lipinski definition) is 0. The molecule has 15 aromatic rings. The van der Waals surface area contributed by atoms with E-state index < -0.39 is 0 Å². The van der Waals surface area contributed by atoms with Gasteiger partial charge < -0.3 is 9.13 Å². The van der Waals surface area contributed by atoms with E-state index in [-0.39, 0.29) is 0 Å². The van der Waals surface area contributed by atoms with Crippen LogP contribution in [-0.4, -0.2) is 24.1 Å². The number of aromatic nitrogens is 5. The largest absolute Gasteiger partial charge is 0.309 e. The molecule has 0 bridgehead atoms. The van der Waals surface area contributed by atoms with Crippen molar-refractivity contribution in [3.63, 3.8) is 0 Å². The molecule has 80 heavy (non-hydrogen) atoms. The molecular formula is C75H49N5. The molecule has 0 saturated heterocycles. The topological polar surface area (TPSA) is 48.5 Å². The van der Waals surface area contributed by atoms with Gasteiger partial charge in [-0.1, -0.05) is 231 Å². The van der Waals surface area contributed by atoms with E-state index in [1.807, 2.05) is 6.07 Å². The second kappa shape index (κ2) is 19.7. The maximum absolute atomic E-state index is 5.56. The van der Waals surface area contributed by atoms with Gasteiger partial charge in [-0.15, -0.1) is 0 Å². The van der Waals surface area contributed by atoms with E-state index in [1.165, 1.54) is 27.1 Å². The van der Waals surface area contributed by atoms with Crippen LogP contribution in [0.5, 0.6) is 0 Å². The normalized spacial score (nSPS) is 11.5. The van der Waals surface area contributed by atoms with Crippen LogP contribution in [0.1, 0.15) is 0 Å². The molecule has 3 aromatic heterocycles. The zero-order valence-electron chi connectivity index (χ0n) is 43.5. The van der Waals surface area contributed by atoms with Crippen LogP contribution in [-0.2, 0) is 0 Å². The molecule has 0 N–H and O–H groups in total. The Hall–Kier alpha value is -10.8. The van der Waals surface area contributed by atoms with Crippen LogP contribution < -0.4 is 0 Å². The molecule has 0 spiro atoms. The number of benzene rings is 12. The molecule has 15 rings (SSSR count). The summed E-state index contributed by atoms with van der Waals surface area (Å²) < 4.78 is 4.92. The second-order valence-corrected chi connectivity index (χ2v) is 20.4. The number of para-hydroxylation sites is 3. The van der Waals surface area contributed by atoms with Gasteiger partial charge in [0, 0.05) is 55.0 Å². The van der Waals surface area contributed by atoms with Gasteiger partial charge in [-0.3, -0.25) is 0 Å². The summed E-state index contributed by atoms with van der Waals surface area (Å²) in [4.78, 5) is 16.4. The first-order valence-electron chi connectivity index (χ1n) is 27.2. The summed E-state index contributed by atoms with van der Waals surface area (Å²) in [6.45, 7) is 0. The van der Waals surface area contributed by atoms with Crippen molar-refractivity contribution in [2.45, 2.75) is 0 Å². The Morgan fingerprint density at radius 1 is 0.200 bits per heavy atom. The molecule has 0 amide bonds. The molecule has 0 aliphatic rings. The Morgan fingerprint density at radius 2 is 0.537 bits per heavy atom. The maximum atomic E-state index is 5.56. The van der Waals surface area contributed by atoms with Crippen LogP contribution in [0, 0.1) is 0 Å². The van der Waals surface area contributed by atoms with E-state index >= 15 is 0 Å². The van der Waals surface area contributed by atoms with Crippen LogP contribution in [0.2, 0.25) is 0 Å². The summed E-state index contributed by atoms with van der Waals surface area (Å²) in [5.74, 6) is 1.74. The fraction of sp³-hybridized carbons (Fsp3) is 0. The predicted molar refractivity (Wildman–Crippen MR) is 332 cm³/mol. The second-order valence-electron chi connectivity index (χ2n) is 20.4. The highest BCUT2D eigenvalue weighted by Gasteiger charge is 2.25. The Kier molecular flexibility index (Phi) is 11.4. The summed E-state index contributed by atoms with van der Waals surface area (Å²) >= 11 is 0. The first-order valence-corrected chi connectivity index (χ1v) is 27.2. The third-order valence-corrected chi connectivity index (χ3v) is 15.5. The van der Waals surface area contributed by atoms with Crippen molar-refractivity contribution >= 4 is 43.6 Å². The number of nitrogens with zero attached hydrogens (tertiary/aromatic N) is 5. The summed E-state index contributed by atoms with van der Waals surface area (Å²) in [5, 5.41) is 4.79. The van der Waals surface area contributed by atoms with E-state index in [2.05, 4.69) is 300 Å². The molecule has 5 heteroatoms. The molecule has 3 heterocycles. The fourth-order valence-corrected chi connectivity index (χ4v) is 11.8. The van der Waals surface area contributed by atoms with Crippen molar-refractivity contribution in [1.82, 2.24) is 24.1 Å². The van der Waals surface area contributed by atoms with Crippen molar-refractivity contribution in [3.05, 3.63) is 297 Å². The Labute approximate surface area is 463 Å². The first-order chi connectivity index (χ1) is 39.7. The lowest BCUT2D eigenvalue weighted by atomic mass is 9.92. The standard InChI is InChI=1S/C75H49N5/c1-7-23-50(24-8-1)53-39-41-56(42-40-53)73-76-74(59-44-57(51-25-9-2-10-26-51)43-58(45-59)52-27-11-3-12-28-52)78-75(77-73)60-46-64(54-29-13-4-14-30-54)72(65(47-60)55-31-15-5-16-32-55)80-69-38-22-20-36-63(69)67-48-66-62-35-19-21-37-68(62)79(70(66)49-71(67)80)61-33-17-6-18-34-61/h1-49H. The van der Waals surface area contributed by atoms with E-state index in [0.29, 0.717) is 17.5 Å². The van der Waals surface area contributed by atoms with Crippen LogP contribution >= 0.6 is 0 Å². The minimum Gasteiger partial charge on any atom is -0.309 e. The first kappa shape index (κ1) is 46.5. The van der Waals surface area contributed by atoms with Crippen molar-refractivity contribution in [1.29, 1.82) is 0 Å². The molecule has 374 valence electrons. The Bertz CT molecular complexity index is 4650. The van der Waals surface area contributed by atoms with Crippen LogP contribution in [0.15, 0.2) is 297 Å². The highest BCUT2D eigenvalue weighted by molar-refractivity contribution is 6.20. The quantitative estimate of drug-likeness (QED) is 0.137. The molecule has 5 nitrogen and oxygen atoms in total. The number of fused-ring (bicyclic) bond motifs is 6. The fourth-order valence-electron chi connectivity index (χ4n) is 11.8. The molecule has 0 unspecified atom stereocenters. The maximum Gasteiger partial charge on any atom is 0.164 e. The number of rotatable bonds is 10. The Morgan fingerprint density at radius 3 is 1.02 bits per heavy atom. The summed E-state index contributed by atoms with van der Waals surface area (Å²) in [5.41, 5.74) is 20.2. The molecule has 0 aliphatic heterocycles. The zero-order valence-corrected chi connectivity index (χ0v) is 43.5. The third-order valence-electron chi connectivity index (χ3n) is 15.5. The van der Waals surface area contributed by atoms with Crippen LogP contribution in [0.3, 0.4) is 0 Å². The van der Waals surface area contributed by atoms with Crippen LogP contribution in [0.25, 0.3) is 145 Å². The van der Waals surface area contributed by atoms with Crippen LogP contribution in [0.4, 0.5) is 0 Å². The zero-order chi connectivity index (χ0) is 52.9.